The van der Waals surface area contributed by atoms with E-state index in [1.165, 1.54) is 21.4 Å². The van der Waals surface area contributed by atoms with Crippen LogP contribution in [0, 0.1) is 0 Å². The Morgan fingerprint density at radius 3 is 2.41 bits per heavy atom. The highest BCUT2D eigenvalue weighted by Gasteiger charge is 2.22. The highest BCUT2D eigenvalue weighted by molar-refractivity contribution is 5.34. The van der Waals surface area contributed by atoms with Crippen LogP contribution in [0.1, 0.15) is 33.7 Å². The summed E-state index contributed by atoms with van der Waals surface area (Å²) in [4.78, 5) is 41.1. The van der Waals surface area contributed by atoms with E-state index in [-0.39, 0.29) is 11.7 Å². The van der Waals surface area contributed by atoms with Crippen molar-refractivity contribution in [3.63, 3.8) is 0 Å². The van der Waals surface area contributed by atoms with Crippen LogP contribution in [0.25, 0.3) is 0 Å². The Morgan fingerprint density at radius 1 is 1.18 bits per heavy atom. The maximum atomic E-state index is 11.9. The molecule has 0 bridgehead atoms. The first-order chi connectivity index (χ1) is 10.2. The number of H-pyrrole nitrogens is 1. The summed E-state index contributed by atoms with van der Waals surface area (Å²) in [6.45, 7) is 7.25. The van der Waals surface area contributed by atoms with Crippen molar-refractivity contribution in [1.82, 2.24) is 19.1 Å². The molecule has 8 nitrogen and oxygen atoms in total. The van der Waals surface area contributed by atoms with Crippen LogP contribution >= 0.6 is 0 Å². The van der Waals surface area contributed by atoms with Crippen LogP contribution in [-0.4, -0.2) is 19.1 Å². The molecular formula is C14H19N5O3. The summed E-state index contributed by atoms with van der Waals surface area (Å²) in [5.41, 5.74) is -2.25. The molecule has 0 saturated carbocycles. The highest BCUT2D eigenvalue weighted by atomic mass is 16.2. The number of aromatic amines is 1. The smallest absolute Gasteiger partial charge is 0.347 e. The van der Waals surface area contributed by atoms with Crippen molar-refractivity contribution in [2.24, 2.45) is 0 Å². The second-order valence-corrected chi connectivity index (χ2v) is 5.76. The molecule has 0 fully saturated rings. The number of hydrogen-bond acceptors (Lipinski definition) is 5. The van der Waals surface area contributed by atoms with Crippen molar-refractivity contribution < 1.29 is 0 Å². The second-order valence-electron chi connectivity index (χ2n) is 5.76. The van der Waals surface area contributed by atoms with Gasteiger partial charge in [0.1, 0.15) is 11.5 Å². The summed E-state index contributed by atoms with van der Waals surface area (Å²) in [5.74, 6) is 0.352. The number of nitrogens with zero attached hydrogens (tertiary/aromatic N) is 3. The molecule has 2 rings (SSSR count). The predicted molar refractivity (Wildman–Crippen MR) is 83.1 cm³/mol. The molecule has 2 N–H and O–H groups in total. The lowest BCUT2D eigenvalue weighted by Gasteiger charge is -2.28. The van der Waals surface area contributed by atoms with Crippen LogP contribution in [-0.2, 0) is 5.66 Å². The van der Waals surface area contributed by atoms with Crippen molar-refractivity contribution in [3.8, 4) is 0 Å². The van der Waals surface area contributed by atoms with Crippen molar-refractivity contribution in [2.75, 3.05) is 5.32 Å². The van der Waals surface area contributed by atoms with E-state index >= 15 is 0 Å². The maximum Gasteiger partial charge on any atom is 0.349 e. The van der Waals surface area contributed by atoms with Crippen molar-refractivity contribution >= 4 is 5.82 Å². The van der Waals surface area contributed by atoms with E-state index < -0.39 is 16.9 Å². The van der Waals surface area contributed by atoms with Gasteiger partial charge in [-0.25, -0.2) is 9.59 Å². The Hall–Kier alpha value is -2.64. The van der Waals surface area contributed by atoms with Gasteiger partial charge in [0, 0.05) is 24.5 Å². The second kappa shape index (κ2) is 5.63. The summed E-state index contributed by atoms with van der Waals surface area (Å²) in [6, 6.07) is 2.94. The Labute approximate surface area is 126 Å². The summed E-state index contributed by atoms with van der Waals surface area (Å²) in [6.07, 6.45) is 3.04. The molecule has 8 heteroatoms. The first-order valence-corrected chi connectivity index (χ1v) is 6.90. The molecule has 0 amide bonds. The third-order valence-electron chi connectivity index (χ3n) is 3.25. The lowest BCUT2D eigenvalue weighted by atomic mass is 10.2. The topological polar surface area (TPSA) is 102 Å². The average molecular weight is 305 g/mol. The Balaban J connectivity index is 2.36. The molecule has 2 heterocycles. The summed E-state index contributed by atoms with van der Waals surface area (Å²) < 4.78 is 2.83. The van der Waals surface area contributed by atoms with Crippen molar-refractivity contribution in [1.29, 1.82) is 0 Å². The van der Waals surface area contributed by atoms with Crippen LogP contribution in [0.5, 0.6) is 0 Å². The minimum absolute atomic E-state index is 0.0175. The van der Waals surface area contributed by atoms with Gasteiger partial charge < -0.3 is 5.32 Å². The van der Waals surface area contributed by atoms with Gasteiger partial charge in [-0.3, -0.25) is 18.9 Å². The van der Waals surface area contributed by atoms with Crippen LogP contribution in [0.2, 0.25) is 0 Å². The number of hydrogen-bond donors (Lipinski definition) is 2. The number of nitrogens with one attached hydrogen (secondary N) is 2. The molecule has 0 radical (unpaired) electrons. The largest absolute Gasteiger partial charge is 0.349 e. The molecular weight excluding hydrogens is 286 g/mol. The molecule has 0 aliphatic rings. The monoisotopic (exact) mass is 305 g/mol. The molecule has 0 unspecified atom stereocenters. The molecule has 0 saturated heterocycles. The summed E-state index contributed by atoms with van der Waals surface area (Å²) in [7, 11) is 0. The van der Waals surface area contributed by atoms with Crippen LogP contribution in [0.4, 0.5) is 5.82 Å². The van der Waals surface area contributed by atoms with Gasteiger partial charge in [0.15, 0.2) is 0 Å². The zero-order valence-corrected chi connectivity index (χ0v) is 13.0. The van der Waals surface area contributed by atoms with E-state index in [4.69, 9.17) is 0 Å². The molecule has 118 valence electrons. The average Bonchev–Trinajstić information content (AvgIpc) is 2.37. The van der Waals surface area contributed by atoms with Gasteiger partial charge in [0.05, 0.1) is 0 Å². The lowest BCUT2D eigenvalue weighted by Crippen LogP contribution is -2.45. The molecule has 0 aliphatic carbocycles. The van der Waals surface area contributed by atoms with Gasteiger partial charge in [-0.15, -0.1) is 0 Å². The maximum absolute atomic E-state index is 11.9. The normalized spacial score (nSPS) is 11.7. The highest BCUT2D eigenvalue weighted by Crippen LogP contribution is 2.15. The lowest BCUT2D eigenvalue weighted by molar-refractivity contribution is 0.389. The molecule has 0 aliphatic heterocycles. The van der Waals surface area contributed by atoms with E-state index in [1.807, 2.05) is 13.8 Å². The summed E-state index contributed by atoms with van der Waals surface area (Å²) in [5, 5.41) is 3.02. The standard InChI is InChI=1S/C14H19N5O3/c1-9(2)18-7-5-10(15-12(18)21)17-14(3,4)19-8-6-11(20)16-13(19)22/h5-9H,1-4H3,(H,15,17,21)(H,16,20,22). The third kappa shape index (κ3) is 3.16. The van der Waals surface area contributed by atoms with Gasteiger partial charge in [-0.05, 0) is 33.8 Å². The first kappa shape index (κ1) is 15.7. The van der Waals surface area contributed by atoms with Gasteiger partial charge in [0.2, 0.25) is 0 Å². The zero-order chi connectivity index (χ0) is 16.5. The Morgan fingerprint density at radius 2 is 1.86 bits per heavy atom. The molecule has 0 aromatic carbocycles. The quantitative estimate of drug-likeness (QED) is 0.855. The predicted octanol–water partition coefficient (Wildman–Crippen LogP) is 0.479. The van der Waals surface area contributed by atoms with Gasteiger partial charge in [-0.1, -0.05) is 0 Å². The summed E-state index contributed by atoms with van der Waals surface area (Å²) >= 11 is 0. The van der Waals surface area contributed by atoms with Crippen molar-refractivity contribution in [3.05, 3.63) is 55.8 Å². The van der Waals surface area contributed by atoms with E-state index in [9.17, 15) is 14.4 Å². The number of rotatable bonds is 4. The molecule has 0 atom stereocenters. The van der Waals surface area contributed by atoms with E-state index in [1.54, 1.807) is 26.1 Å². The SMILES string of the molecule is CC(C)n1ccc(NC(C)(C)n2ccc(=O)[nH]c2=O)nc1=O. The fourth-order valence-corrected chi connectivity index (χ4v) is 2.11. The molecule has 22 heavy (non-hydrogen) atoms. The molecule has 0 spiro atoms. The van der Waals surface area contributed by atoms with Gasteiger partial charge in [-0.2, -0.15) is 4.98 Å². The minimum Gasteiger partial charge on any atom is -0.347 e. The van der Waals surface area contributed by atoms with E-state index in [0.717, 1.165) is 0 Å². The van der Waals surface area contributed by atoms with E-state index in [2.05, 4.69) is 15.3 Å². The Bertz CT molecular complexity index is 844. The van der Waals surface area contributed by atoms with Gasteiger partial charge in [0.25, 0.3) is 5.56 Å². The number of aromatic nitrogens is 4. The number of anilines is 1. The Kier molecular flexibility index (Phi) is 4.03. The van der Waals surface area contributed by atoms with Crippen molar-refractivity contribution in [2.45, 2.75) is 39.4 Å². The van der Waals surface area contributed by atoms with Crippen LogP contribution < -0.4 is 22.3 Å². The first-order valence-electron chi connectivity index (χ1n) is 6.90. The van der Waals surface area contributed by atoms with E-state index in [0.29, 0.717) is 5.82 Å². The third-order valence-corrected chi connectivity index (χ3v) is 3.25. The van der Waals surface area contributed by atoms with Gasteiger partial charge >= 0.3 is 11.4 Å². The van der Waals surface area contributed by atoms with Crippen LogP contribution in [0.3, 0.4) is 0 Å². The molecule has 2 aromatic rings. The zero-order valence-electron chi connectivity index (χ0n) is 13.0. The van der Waals surface area contributed by atoms with Crippen LogP contribution in [0.15, 0.2) is 38.9 Å². The molecule has 2 aromatic heterocycles. The fraction of sp³-hybridized carbons (Fsp3) is 0.429. The fourth-order valence-electron chi connectivity index (χ4n) is 2.11. The minimum atomic E-state index is -0.870.